The molecule has 0 aromatic rings. The molecule has 1 N–H and O–H groups in total. The maximum absolute atomic E-state index is 10.1. The molecule has 0 fully saturated rings. The zero-order valence-electron chi connectivity index (χ0n) is 7.01. The molecule has 0 aliphatic rings. The van der Waals surface area contributed by atoms with E-state index in [9.17, 15) is 4.79 Å². The highest BCUT2D eigenvalue weighted by atomic mass is 16.1. The number of hydrogen-bond acceptors (Lipinski definition) is 2. The molecule has 0 aliphatic heterocycles. The van der Waals surface area contributed by atoms with Crippen LogP contribution < -0.4 is 5.43 Å². The number of rotatable bonds is 3. The van der Waals surface area contributed by atoms with Crippen molar-refractivity contribution in [2.24, 2.45) is 0 Å². The summed E-state index contributed by atoms with van der Waals surface area (Å²) >= 11 is 0. The summed E-state index contributed by atoms with van der Waals surface area (Å²) in [4.78, 5) is 10.1. The minimum Gasteiger partial charge on any atom is -0.298 e. The summed E-state index contributed by atoms with van der Waals surface area (Å²) < 4.78 is 0.616. The highest BCUT2D eigenvalue weighted by molar-refractivity contribution is 5.71. The number of hydrogen-bond donors (Lipinski definition) is 1. The Morgan fingerprint density at radius 2 is 1.90 bits per heavy atom. The van der Waals surface area contributed by atoms with Crippen LogP contribution >= 0.6 is 0 Å². The fourth-order valence-corrected chi connectivity index (χ4v) is 0.329. The lowest BCUT2D eigenvalue weighted by Gasteiger charge is -2.22. The van der Waals surface area contributed by atoms with Crippen LogP contribution in [0.25, 0.3) is 0 Å². The molecule has 0 radical (unpaired) electrons. The summed E-state index contributed by atoms with van der Waals surface area (Å²) in [7, 11) is 5.94. The number of carbonyl (C=O) groups is 1. The van der Waals surface area contributed by atoms with Gasteiger partial charge in [-0.3, -0.25) is 4.79 Å². The van der Waals surface area contributed by atoms with Crippen molar-refractivity contribution in [3.05, 3.63) is 11.8 Å². The first-order chi connectivity index (χ1) is 4.45. The van der Waals surface area contributed by atoms with E-state index in [0.717, 1.165) is 6.29 Å². The molecule has 0 aromatic heterocycles. The third-order valence-corrected chi connectivity index (χ3v) is 0.865. The van der Waals surface area contributed by atoms with Gasteiger partial charge in [-0.2, -0.15) is 0 Å². The van der Waals surface area contributed by atoms with Crippen molar-refractivity contribution < 1.29 is 9.39 Å². The number of aldehydes is 1. The summed E-state index contributed by atoms with van der Waals surface area (Å²) in [6.07, 6.45) is 2.52. The van der Waals surface area contributed by atoms with Crippen molar-refractivity contribution >= 4 is 6.29 Å². The SMILES string of the molecule is CC(C=O)=CN[N+](C)(C)C. The van der Waals surface area contributed by atoms with Gasteiger partial charge >= 0.3 is 0 Å². The Morgan fingerprint density at radius 1 is 1.40 bits per heavy atom. The van der Waals surface area contributed by atoms with Gasteiger partial charge in [-0.1, -0.05) is 0 Å². The molecule has 0 bridgehead atoms. The summed E-state index contributed by atoms with van der Waals surface area (Å²) in [5, 5.41) is 0. The molecule has 58 valence electrons. The Labute approximate surface area is 61.9 Å². The summed E-state index contributed by atoms with van der Waals surface area (Å²) in [6.45, 7) is 1.76. The van der Waals surface area contributed by atoms with Crippen molar-refractivity contribution in [3.63, 3.8) is 0 Å². The molecule has 0 spiro atoms. The van der Waals surface area contributed by atoms with Gasteiger partial charge in [0, 0.05) is 5.57 Å². The molecular weight excluding hydrogens is 128 g/mol. The zero-order chi connectivity index (χ0) is 8.20. The monoisotopic (exact) mass is 143 g/mol. The molecule has 0 saturated carbocycles. The Balaban J connectivity index is 3.84. The maximum atomic E-state index is 10.1. The van der Waals surface area contributed by atoms with Crippen LogP contribution in [0.5, 0.6) is 0 Å². The quantitative estimate of drug-likeness (QED) is 0.266. The van der Waals surface area contributed by atoms with Gasteiger partial charge in [-0.15, -0.1) is 0 Å². The average Bonchev–Trinajstić information content (AvgIpc) is 1.81. The van der Waals surface area contributed by atoms with E-state index in [0.29, 0.717) is 10.2 Å². The first-order valence-electron chi connectivity index (χ1n) is 3.17. The molecule has 0 heterocycles. The van der Waals surface area contributed by atoms with Gasteiger partial charge in [0.2, 0.25) is 0 Å². The van der Waals surface area contributed by atoms with Crippen LogP contribution in [-0.4, -0.2) is 32.0 Å². The topological polar surface area (TPSA) is 29.1 Å². The number of quaternary nitrogens is 1. The van der Waals surface area contributed by atoms with Crippen LogP contribution in [0, 0.1) is 0 Å². The maximum Gasteiger partial charge on any atom is 0.147 e. The van der Waals surface area contributed by atoms with Gasteiger partial charge in [0.25, 0.3) is 0 Å². The number of carbonyl (C=O) groups excluding carboxylic acids is 1. The third kappa shape index (κ3) is 5.31. The second-order valence-electron chi connectivity index (χ2n) is 3.15. The minimum atomic E-state index is 0.616. The molecule has 0 unspecified atom stereocenters. The van der Waals surface area contributed by atoms with Crippen molar-refractivity contribution in [3.8, 4) is 0 Å². The molecule has 0 atom stereocenters. The lowest BCUT2D eigenvalue weighted by Crippen LogP contribution is -2.44. The van der Waals surface area contributed by atoms with Gasteiger partial charge in [0.15, 0.2) is 0 Å². The first-order valence-corrected chi connectivity index (χ1v) is 3.17. The van der Waals surface area contributed by atoms with E-state index in [1.165, 1.54) is 0 Å². The largest absolute Gasteiger partial charge is 0.298 e. The fraction of sp³-hybridized carbons (Fsp3) is 0.571. The molecule has 0 aliphatic carbocycles. The lowest BCUT2D eigenvalue weighted by atomic mass is 10.4. The van der Waals surface area contributed by atoms with Crippen LogP contribution in [0.15, 0.2) is 11.8 Å². The second-order valence-corrected chi connectivity index (χ2v) is 3.15. The molecule has 10 heavy (non-hydrogen) atoms. The van der Waals surface area contributed by atoms with E-state index in [1.807, 2.05) is 21.1 Å². The smallest absolute Gasteiger partial charge is 0.147 e. The van der Waals surface area contributed by atoms with Crippen molar-refractivity contribution in [2.45, 2.75) is 6.92 Å². The molecule has 0 amide bonds. The molecule has 0 saturated heterocycles. The predicted molar refractivity (Wildman–Crippen MR) is 41.0 cm³/mol. The van der Waals surface area contributed by atoms with E-state index in [4.69, 9.17) is 0 Å². The van der Waals surface area contributed by atoms with E-state index in [-0.39, 0.29) is 0 Å². The Kier molecular flexibility index (Phi) is 3.09. The summed E-state index contributed by atoms with van der Waals surface area (Å²) in [5.41, 5.74) is 3.72. The molecular formula is C7H15N2O+. The fourth-order valence-electron chi connectivity index (χ4n) is 0.329. The highest BCUT2D eigenvalue weighted by Crippen LogP contribution is 1.86. The van der Waals surface area contributed by atoms with E-state index < -0.39 is 0 Å². The van der Waals surface area contributed by atoms with Gasteiger partial charge < -0.3 is 0 Å². The van der Waals surface area contributed by atoms with Gasteiger partial charge in [-0.25, -0.2) is 10.0 Å². The summed E-state index contributed by atoms with van der Waals surface area (Å²) in [5.74, 6) is 0. The Hall–Kier alpha value is -0.830. The second kappa shape index (κ2) is 3.37. The van der Waals surface area contributed by atoms with Crippen molar-refractivity contribution in [1.82, 2.24) is 5.43 Å². The van der Waals surface area contributed by atoms with Crippen LogP contribution in [0.1, 0.15) is 6.92 Å². The summed E-state index contributed by atoms with van der Waals surface area (Å²) in [6, 6.07) is 0. The number of nitrogens with zero attached hydrogens (tertiary/aromatic N) is 1. The van der Waals surface area contributed by atoms with E-state index >= 15 is 0 Å². The van der Waals surface area contributed by atoms with E-state index in [2.05, 4.69) is 5.43 Å². The lowest BCUT2D eigenvalue weighted by molar-refractivity contribution is -0.909. The predicted octanol–water partition coefficient (Wildman–Crippen LogP) is 0.300. The van der Waals surface area contributed by atoms with Crippen LogP contribution in [0.3, 0.4) is 0 Å². The Bertz CT molecular complexity index is 144. The van der Waals surface area contributed by atoms with Gasteiger partial charge in [-0.05, 0) is 6.92 Å². The van der Waals surface area contributed by atoms with Gasteiger partial charge in [0.1, 0.15) is 6.29 Å². The molecule has 0 rings (SSSR count). The average molecular weight is 143 g/mol. The van der Waals surface area contributed by atoms with Gasteiger partial charge in [0.05, 0.1) is 27.3 Å². The normalized spacial score (nSPS) is 13.0. The third-order valence-electron chi connectivity index (χ3n) is 0.865. The van der Waals surface area contributed by atoms with E-state index in [1.54, 1.807) is 13.1 Å². The number of allylic oxidation sites excluding steroid dienone is 1. The Morgan fingerprint density at radius 3 is 2.20 bits per heavy atom. The van der Waals surface area contributed by atoms with Crippen molar-refractivity contribution in [1.29, 1.82) is 0 Å². The molecule has 3 nitrogen and oxygen atoms in total. The standard InChI is InChI=1S/C7H14N2O/c1-7(6-10)5-8-9(2,3)4/h5-6H,1-4H3/p+1. The minimum absolute atomic E-state index is 0.616. The molecule has 3 heteroatoms. The highest BCUT2D eigenvalue weighted by Gasteiger charge is 2.00. The molecule has 0 aromatic carbocycles. The van der Waals surface area contributed by atoms with Crippen molar-refractivity contribution in [2.75, 3.05) is 21.1 Å². The van der Waals surface area contributed by atoms with Crippen LogP contribution in [-0.2, 0) is 4.79 Å². The number of nitrogens with one attached hydrogen (secondary N) is 1. The zero-order valence-corrected chi connectivity index (χ0v) is 7.01. The van der Waals surface area contributed by atoms with Crippen LogP contribution in [0.2, 0.25) is 0 Å². The van der Waals surface area contributed by atoms with Crippen LogP contribution in [0.4, 0.5) is 0 Å². The first kappa shape index (κ1) is 9.17.